The first kappa shape index (κ1) is 11.6. The molecule has 0 N–H and O–H groups in total. The quantitative estimate of drug-likeness (QED) is 0.566. The van der Waals surface area contributed by atoms with Crippen molar-refractivity contribution in [1.82, 2.24) is 0 Å². The number of carbonyl (C=O) groups excluding carboxylic acids is 1. The Hall–Kier alpha value is -0.380. The predicted molar refractivity (Wildman–Crippen MR) is 60.5 cm³/mol. The van der Waals surface area contributed by atoms with E-state index in [0.717, 1.165) is 9.13 Å². The first-order valence-electron chi connectivity index (χ1n) is 3.96. The van der Waals surface area contributed by atoms with Gasteiger partial charge in [-0.1, -0.05) is 26.0 Å². The average Bonchev–Trinajstić information content (AvgIpc) is 2.08. The maximum Gasteiger partial charge on any atom is 0.159 e. The SMILES string of the molecule is CC.CC(=O)c1cccc(I)c1. The Balaban J connectivity index is 0.000000561. The summed E-state index contributed by atoms with van der Waals surface area (Å²) in [5.74, 6) is 0.124. The fourth-order valence-electron chi connectivity index (χ4n) is 0.707. The van der Waals surface area contributed by atoms with Gasteiger partial charge in [0.05, 0.1) is 0 Å². The van der Waals surface area contributed by atoms with Crippen LogP contribution in [0, 0.1) is 3.57 Å². The summed E-state index contributed by atoms with van der Waals surface area (Å²) in [6, 6.07) is 7.55. The fraction of sp³-hybridized carbons (Fsp3) is 0.300. The second kappa shape index (κ2) is 6.17. The van der Waals surface area contributed by atoms with Crippen LogP contribution in [0.1, 0.15) is 31.1 Å². The molecule has 0 atom stereocenters. The Labute approximate surface area is 87.3 Å². The van der Waals surface area contributed by atoms with Crippen molar-refractivity contribution in [3.63, 3.8) is 0 Å². The highest BCUT2D eigenvalue weighted by molar-refractivity contribution is 14.1. The predicted octanol–water partition coefficient (Wildman–Crippen LogP) is 3.52. The van der Waals surface area contributed by atoms with Gasteiger partial charge in [0.15, 0.2) is 5.78 Å². The van der Waals surface area contributed by atoms with Crippen molar-refractivity contribution in [2.45, 2.75) is 20.8 Å². The Morgan fingerprint density at radius 3 is 2.25 bits per heavy atom. The number of Topliss-reactive ketones (excluding diaryl/α,β-unsaturated/α-hetero) is 1. The van der Waals surface area contributed by atoms with Crippen LogP contribution in [0.3, 0.4) is 0 Å². The molecule has 0 aliphatic carbocycles. The van der Waals surface area contributed by atoms with E-state index in [2.05, 4.69) is 22.6 Å². The zero-order chi connectivity index (χ0) is 9.56. The highest BCUT2D eigenvalue weighted by Crippen LogP contribution is 2.07. The minimum absolute atomic E-state index is 0.124. The fourth-order valence-corrected chi connectivity index (χ4v) is 1.25. The Morgan fingerprint density at radius 1 is 1.33 bits per heavy atom. The zero-order valence-electron chi connectivity index (χ0n) is 7.60. The molecule has 0 aliphatic rings. The van der Waals surface area contributed by atoms with Crippen LogP contribution in [0.5, 0.6) is 0 Å². The van der Waals surface area contributed by atoms with Crippen molar-refractivity contribution in [1.29, 1.82) is 0 Å². The number of halogens is 1. The highest BCUT2D eigenvalue weighted by Gasteiger charge is 1.96. The van der Waals surface area contributed by atoms with E-state index in [1.165, 1.54) is 0 Å². The lowest BCUT2D eigenvalue weighted by molar-refractivity contribution is 0.101. The maximum atomic E-state index is 10.8. The van der Waals surface area contributed by atoms with Gasteiger partial charge in [-0.2, -0.15) is 0 Å². The third kappa shape index (κ3) is 3.85. The van der Waals surface area contributed by atoms with Crippen molar-refractivity contribution in [3.8, 4) is 0 Å². The Bertz CT molecular complexity index is 256. The third-order valence-corrected chi connectivity index (χ3v) is 1.90. The normalized spacial score (nSPS) is 8.33. The molecule has 0 aliphatic heterocycles. The van der Waals surface area contributed by atoms with Crippen LogP contribution in [0.15, 0.2) is 24.3 Å². The van der Waals surface area contributed by atoms with Crippen LogP contribution >= 0.6 is 22.6 Å². The number of carbonyl (C=O) groups is 1. The molecule has 0 saturated heterocycles. The molecule has 1 aromatic carbocycles. The molecule has 0 radical (unpaired) electrons. The molecule has 0 spiro atoms. The van der Waals surface area contributed by atoms with Crippen molar-refractivity contribution >= 4 is 28.4 Å². The van der Waals surface area contributed by atoms with Crippen LogP contribution in [0.2, 0.25) is 0 Å². The molecule has 0 amide bonds. The van der Waals surface area contributed by atoms with Gasteiger partial charge in [-0.15, -0.1) is 0 Å². The summed E-state index contributed by atoms with van der Waals surface area (Å²) in [5.41, 5.74) is 0.784. The monoisotopic (exact) mass is 276 g/mol. The second-order valence-electron chi connectivity index (χ2n) is 2.07. The van der Waals surface area contributed by atoms with E-state index in [-0.39, 0.29) is 5.78 Å². The van der Waals surface area contributed by atoms with Gasteiger partial charge < -0.3 is 0 Å². The lowest BCUT2D eigenvalue weighted by Crippen LogP contribution is -1.90. The standard InChI is InChI=1S/C8H7IO.C2H6/c1-6(10)7-3-2-4-8(9)5-7;1-2/h2-5H,1H3;1-2H3. The van der Waals surface area contributed by atoms with Gasteiger partial charge in [-0.05, 0) is 41.6 Å². The van der Waals surface area contributed by atoms with Gasteiger partial charge in [0.25, 0.3) is 0 Å². The summed E-state index contributed by atoms with van der Waals surface area (Å²) in [7, 11) is 0. The van der Waals surface area contributed by atoms with Crippen LogP contribution in [0.4, 0.5) is 0 Å². The molecule has 0 saturated carbocycles. The van der Waals surface area contributed by atoms with E-state index in [1.807, 2.05) is 38.1 Å². The summed E-state index contributed by atoms with van der Waals surface area (Å²) >= 11 is 2.19. The molecule has 2 heteroatoms. The average molecular weight is 276 g/mol. The lowest BCUT2D eigenvalue weighted by Gasteiger charge is -1.93. The van der Waals surface area contributed by atoms with Gasteiger partial charge in [0.2, 0.25) is 0 Å². The molecule has 0 heterocycles. The van der Waals surface area contributed by atoms with Gasteiger partial charge in [-0.25, -0.2) is 0 Å². The van der Waals surface area contributed by atoms with Crippen LogP contribution in [-0.4, -0.2) is 5.78 Å². The molecular formula is C10H13IO. The molecule has 66 valence electrons. The van der Waals surface area contributed by atoms with Gasteiger partial charge >= 0.3 is 0 Å². The van der Waals surface area contributed by atoms with E-state index < -0.39 is 0 Å². The molecule has 0 fully saturated rings. The van der Waals surface area contributed by atoms with Crippen molar-refractivity contribution in [3.05, 3.63) is 33.4 Å². The van der Waals surface area contributed by atoms with E-state index in [9.17, 15) is 4.79 Å². The van der Waals surface area contributed by atoms with E-state index in [1.54, 1.807) is 6.92 Å². The zero-order valence-corrected chi connectivity index (χ0v) is 9.75. The lowest BCUT2D eigenvalue weighted by atomic mass is 10.2. The second-order valence-corrected chi connectivity index (χ2v) is 3.31. The van der Waals surface area contributed by atoms with E-state index in [0.29, 0.717) is 0 Å². The Morgan fingerprint density at radius 2 is 1.92 bits per heavy atom. The topological polar surface area (TPSA) is 17.1 Å². The first-order chi connectivity index (χ1) is 5.70. The number of ketones is 1. The number of hydrogen-bond acceptors (Lipinski definition) is 1. The minimum Gasteiger partial charge on any atom is -0.295 e. The Kier molecular flexibility index (Phi) is 5.98. The van der Waals surface area contributed by atoms with Crippen molar-refractivity contribution in [2.24, 2.45) is 0 Å². The summed E-state index contributed by atoms with van der Waals surface area (Å²) < 4.78 is 1.10. The molecule has 1 rings (SSSR count). The smallest absolute Gasteiger partial charge is 0.159 e. The summed E-state index contributed by atoms with van der Waals surface area (Å²) in [5, 5.41) is 0. The molecule has 1 aromatic rings. The molecular weight excluding hydrogens is 263 g/mol. The number of hydrogen-bond donors (Lipinski definition) is 0. The molecule has 12 heavy (non-hydrogen) atoms. The minimum atomic E-state index is 0.124. The first-order valence-corrected chi connectivity index (χ1v) is 5.04. The van der Waals surface area contributed by atoms with Crippen LogP contribution < -0.4 is 0 Å². The summed E-state index contributed by atoms with van der Waals surface area (Å²) in [6.07, 6.45) is 0. The molecule has 0 aromatic heterocycles. The third-order valence-electron chi connectivity index (χ3n) is 1.23. The van der Waals surface area contributed by atoms with E-state index >= 15 is 0 Å². The summed E-state index contributed by atoms with van der Waals surface area (Å²) in [4.78, 5) is 10.8. The van der Waals surface area contributed by atoms with E-state index in [4.69, 9.17) is 0 Å². The molecule has 1 nitrogen and oxygen atoms in total. The van der Waals surface area contributed by atoms with Gasteiger partial charge in [0, 0.05) is 9.13 Å². The van der Waals surface area contributed by atoms with Crippen LogP contribution in [-0.2, 0) is 0 Å². The van der Waals surface area contributed by atoms with Gasteiger partial charge in [0.1, 0.15) is 0 Å². The van der Waals surface area contributed by atoms with Crippen molar-refractivity contribution in [2.75, 3.05) is 0 Å². The van der Waals surface area contributed by atoms with Crippen molar-refractivity contribution < 1.29 is 4.79 Å². The molecule has 0 bridgehead atoms. The van der Waals surface area contributed by atoms with Gasteiger partial charge in [-0.3, -0.25) is 4.79 Å². The van der Waals surface area contributed by atoms with Crippen LogP contribution in [0.25, 0.3) is 0 Å². The number of benzene rings is 1. The number of rotatable bonds is 1. The largest absolute Gasteiger partial charge is 0.295 e. The molecule has 0 unspecified atom stereocenters. The maximum absolute atomic E-state index is 10.8. The highest BCUT2D eigenvalue weighted by atomic mass is 127. The summed E-state index contributed by atoms with van der Waals surface area (Å²) in [6.45, 7) is 5.57.